The smallest absolute Gasteiger partial charge is 0.271 e. The Kier molecular flexibility index (Phi) is 4.79. The van der Waals surface area contributed by atoms with E-state index in [0.29, 0.717) is 11.1 Å². The van der Waals surface area contributed by atoms with Gasteiger partial charge in [-0.2, -0.15) is 5.10 Å². The van der Waals surface area contributed by atoms with Crippen LogP contribution < -0.4 is 5.43 Å². The molecule has 5 heteroatoms. The van der Waals surface area contributed by atoms with Crippen LogP contribution in [0.1, 0.15) is 20.7 Å². The van der Waals surface area contributed by atoms with Crippen LogP contribution in [-0.2, 0) is 0 Å². The van der Waals surface area contributed by atoms with Crippen molar-refractivity contribution < 1.29 is 9.59 Å². The third-order valence-corrected chi connectivity index (χ3v) is 3.04. The average molecular weight is 331 g/mol. The van der Waals surface area contributed by atoms with E-state index in [-0.39, 0.29) is 11.7 Å². The summed E-state index contributed by atoms with van der Waals surface area (Å²) in [4.78, 5) is 23.4. The largest absolute Gasteiger partial charge is 0.287 e. The number of hydrogen-bond donors (Lipinski definition) is 1. The number of benzene rings is 2. The maximum absolute atomic E-state index is 11.7. The summed E-state index contributed by atoms with van der Waals surface area (Å²) in [6, 6.07) is 15.6. The van der Waals surface area contributed by atoms with Crippen LogP contribution >= 0.6 is 15.9 Å². The van der Waals surface area contributed by atoms with Crippen molar-refractivity contribution >= 4 is 33.8 Å². The number of Topliss-reactive ketones (excluding diaryl/α,β-unsaturated/α-hetero) is 1. The molecule has 0 unspecified atom stereocenters. The highest BCUT2D eigenvalue weighted by molar-refractivity contribution is 9.10. The lowest BCUT2D eigenvalue weighted by molar-refractivity contribution is 0.0955. The fourth-order valence-corrected chi connectivity index (χ4v) is 1.76. The maximum Gasteiger partial charge on any atom is 0.271 e. The van der Waals surface area contributed by atoms with Gasteiger partial charge in [0.1, 0.15) is 0 Å². The molecule has 0 saturated heterocycles. The molecular formula is C15H11BrN2O2. The van der Waals surface area contributed by atoms with Crippen LogP contribution in [0.2, 0.25) is 0 Å². The Morgan fingerprint density at radius 2 is 1.60 bits per heavy atom. The molecule has 0 atom stereocenters. The Labute approximate surface area is 124 Å². The summed E-state index contributed by atoms with van der Waals surface area (Å²) in [6.45, 7) is 0. The van der Waals surface area contributed by atoms with Gasteiger partial charge in [-0.25, -0.2) is 5.43 Å². The number of ketones is 1. The van der Waals surface area contributed by atoms with Crippen molar-refractivity contribution in [1.82, 2.24) is 5.43 Å². The lowest BCUT2D eigenvalue weighted by Crippen LogP contribution is -2.18. The van der Waals surface area contributed by atoms with Crippen LogP contribution in [0.15, 0.2) is 64.2 Å². The summed E-state index contributed by atoms with van der Waals surface area (Å²) in [6.07, 6.45) is 1.09. The Balaban J connectivity index is 1.95. The Bertz CT molecular complexity index is 637. The number of rotatable bonds is 4. The molecule has 0 aliphatic carbocycles. The van der Waals surface area contributed by atoms with E-state index < -0.39 is 0 Å². The maximum atomic E-state index is 11.7. The van der Waals surface area contributed by atoms with Gasteiger partial charge < -0.3 is 0 Å². The predicted molar refractivity (Wildman–Crippen MR) is 80.9 cm³/mol. The summed E-state index contributed by atoms with van der Waals surface area (Å²) in [5.41, 5.74) is 3.31. The number of amides is 1. The van der Waals surface area contributed by atoms with Gasteiger partial charge in [0.05, 0.1) is 6.21 Å². The van der Waals surface area contributed by atoms with Gasteiger partial charge >= 0.3 is 0 Å². The lowest BCUT2D eigenvalue weighted by Gasteiger charge is -1.99. The Hall–Kier alpha value is -2.27. The first kappa shape index (κ1) is 14.1. The second-order valence-electron chi connectivity index (χ2n) is 3.94. The van der Waals surface area contributed by atoms with Crippen molar-refractivity contribution in [1.29, 1.82) is 0 Å². The van der Waals surface area contributed by atoms with Crippen LogP contribution in [0.4, 0.5) is 0 Å². The van der Waals surface area contributed by atoms with Gasteiger partial charge in [0, 0.05) is 15.6 Å². The van der Waals surface area contributed by atoms with Crippen LogP contribution in [0.5, 0.6) is 0 Å². The molecule has 4 nitrogen and oxygen atoms in total. The minimum absolute atomic E-state index is 0.262. The highest BCUT2D eigenvalue weighted by Gasteiger charge is 2.04. The van der Waals surface area contributed by atoms with Gasteiger partial charge in [-0.15, -0.1) is 0 Å². The van der Waals surface area contributed by atoms with Gasteiger partial charge in [0.2, 0.25) is 5.78 Å². The van der Waals surface area contributed by atoms with E-state index >= 15 is 0 Å². The molecule has 100 valence electrons. The van der Waals surface area contributed by atoms with Gasteiger partial charge in [-0.3, -0.25) is 9.59 Å². The highest BCUT2D eigenvalue weighted by atomic mass is 79.9. The van der Waals surface area contributed by atoms with E-state index in [4.69, 9.17) is 0 Å². The molecule has 0 spiro atoms. The standard InChI is InChI=1S/C15H11BrN2O2/c16-13-8-6-12(7-9-13)15(20)18-17-10-14(19)11-4-2-1-3-5-11/h1-10H,(H,18,20)/b17-10+. The number of halogens is 1. The number of nitrogens with one attached hydrogen (secondary N) is 1. The molecule has 0 aliphatic rings. The van der Waals surface area contributed by atoms with E-state index in [9.17, 15) is 9.59 Å². The van der Waals surface area contributed by atoms with Crippen molar-refractivity contribution in [3.05, 3.63) is 70.2 Å². The Morgan fingerprint density at radius 1 is 0.950 bits per heavy atom. The Morgan fingerprint density at radius 3 is 2.25 bits per heavy atom. The minimum Gasteiger partial charge on any atom is -0.287 e. The van der Waals surface area contributed by atoms with Crippen LogP contribution in [0.3, 0.4) is 0 Å². The first-order valence-corrected chi connectivity index (χ1v) is 6.64. The van der Waals surface area contributed by atoms with Gasteiger partial charge in [0.15, 0.2) is 0 Å². The molecule has 1 N–H and O–H groups in total. The average Bonchev–Trinajstić information content (AvgIpc) is 2.48. The monoisotopic (exact) mass is 330 g/mol. The third-order valence-electron chi connectivity index (χ3n) is 2.51. The first-order valence-electron chi connectivity index (χ1n) is 5.85. The predicted octanol–water partition coefficient (Wildman–Crippen LogP) is 3.05. The molecule has 0 heterocycles. The second-order valence-corrected chi connectivity index (χ2v) is 4.85. The van der Waals surface area contributed by atoms with Gasteiger partial charge in [-0.1, -0.05) is 46.3 Å². The number of carbonyl (C=O) groups is 2. The second kappa shape index (κ2) is 6.77. The minimum atomic E-state index is -0.366. The molecular weight excluding hydrogens is 320 g/mol. The summed E-state index contributed by atoms with van der Waals surface area (Å²) >= 11 is 3.29. The van der Waals surface area contributed by atoms with E-state index in [0.717, 1.165) is 10.7 Å². The zero-order valence-corrected chi connectivity index (χ0v) is 12.0. The van der Waals surface area contributed by atoms with E-state index in [1.807, 2.05) is 6.07 Å². The molecule has 0 fully saturated rings. The SMILES string of the molecule is O=C(/C=N/NC(=O)c1ccc(Br)cc1)c1ccccc1. The van der Waals surface area contributed by atoms with E-state index in [1.165, 1.54) is 0 Å². The molecule has 2 rings (SSSR count). The number of nitrogens with zero attached hydrogens (tertiary/aromatic N) is 1. The molecule has 1 amide bonds. The normalized spacial score (nSPS) is 10.4. The zero-order valence-electron chi connectivity index (χ0n) is 10.4. The number of hydrogen-bond acceptors (Lipinski definition) is 3. The quantitative estimate of drug-likeness (QED) is 0.532. The van der Waals surface area contributed by atoms with Crippen LogP contribution in [0.25, 0.3) is 0 Å². The fourth-order valence-electron chi connectivity index (χ4n) is 1.49. The van der Waals surface area contributed by atoms with Crippen LogP contribution in [0, 0.1) is 0 Å². The zero-order chi connectivity index (χ0) is 14.4. The molecule has 2 aromatic rings. The van der Waals surface area contributed by atoms with E-state index in [2.05, 4.69) is 26.5 Å². The highest BCUT2D eigenvalue weighted by Crippen LogP contribution is 2.10. The molecule has 0 bridgehead atoms. The van der Waals surface area contributed by atoms with Crippen molar-refractivity contribution in [3.63, 3.8) is 0 Å². The summed E-state index contributed by atoms with van der Waals surface area (Å²) < 4.78 is 0.886. The number of carbonyl (C=O) groups excluding carboxylic acids is 2. The van der Waals surface area contributed by atoms with E-state index in [1.54, 1.807) is 48.5 Å². The molecule has 0 aromatic heterocycles. The molecule has 2 aromatic carbocycles. The van der Waals surface area contributed by atoms with Crippen molar-refractivity contribution in [2.45, 2.75) is 0 Å². The molecule has 0 saturated carbocycles. The number of hydrazone groups is 1. The lowest BCUT2D eigenvalue weighted by atomic mass is 10.1. The molecule has 0 radical (unpaired) electrons. The topological polar surface area (TPSA) is 58.5 Å². The van der Waals surface area contributed by atoms with Crippen molar-refractivity contribution in [3.8, 4) is 0 Å². The molecule has 20 heavy (non-hydrogen) atoms. The summed E-state index contributed by atoms with van der Waals surface area (Å²) in [7, 11) is 0. The summed E-state index contributed by atoms with van der Waals surface area (Å²) in [5, 5.41) is 3.66. The van der Waals surface area contributed by atoms with Gasteiger partial charge in [0.25, 0.3) is 5.91 Å². The third kappa shape index (κ3) is 3.86. The van der Waals surface area contributed by atoms with Gasteiger partial charge in [-0.05, 0) is 24.3 Å². The van der Waals surface area contributed by atoms with Crippen molar-refractivity contribution in [2.75, 3.05) is 0 Å². The first-order chi connectivity index (χ1) is 9.66. The van der Waals surface area contributed by atoms with Crippen molar-refractivity contribution in [2.24, 2.45) is 5.10 Å². The summed E-state index contributed by atoms with van der Waals surface area (Å²) in [5.74, 6) is -0.628. The fraction of sp³-hybridized carbons (Fsp3) is 0. The molecule has 0 aliphatic heterocycles. The van der Waals surface area contributed by atoms with Crippen LogP contribution in [-0.4, -0.2) is 17.9 Å².